The van der Waals surface area contributed by atoms with Crippen molar-refractivity contribution in [2.75, 3.05) is 52.2 Å². The topological polar surface area (TPSA) is 74.2 Å². The molecule has 1 aliphatic heterocycles. The number of sulfonamides is 1. The molecular formula is C17H27BrN4O3S. The van der Waals surface area contributed by atoms with E-state index in [1.165, 1.54) is 4.31 Å². The first-order valence-electron chi connectivity index (χ1n) is 8.72. The van der Waals surface area contributed by atoms with Gasteiger partial charge in [-0.15, -0.1) is 0 Å². The summed E-state index contributed by atoms with van der Waals surface area (Å²) in [5, 5.41) is 3.22. The van der Waals surface area contributed by atoms with E-state index in [4.69, 9.17) is 4.74 Å². The molecule has 7 nitrogen and oxygen atoms in total. The smallest absolute Gasteiger partial charge is 0.216 e. The van der Waals surface area contributed by atoms with Crippen molar-refractivity contribution < 1.29 is 13.2 Å². The maximum Gasteiger partial charge on any atom is 0.216 e. The van der Waals surface area contributed by atoms with Gasteiger partial charge in [-0.25, -0.2) is 8.42 Å². The highest BCUT2D eigenvalue weighted by Crippen LogP contribution is 2.12. The van der Waals surface area contributed by atoms with E-state index in [0.717, 1.165) is 16.6 Å². The van der Waals surface area contributed by atoms with Crippen molar-refractivity contribution in [3.05, 3.63) is 34.3 Å². The summed E-state index contributed by atoms with van der Waals surface area (Å²) in [5.41, 5.74) is 1.15. The number of halogens is 1. The number of hydrogen-bond donors (Lipinski definition) is 1. The van der Waals surface area contributed by atoms with Crippen molar-refractivity contribution in [2.45, 2.75) is 13.5 Å². The predicted octanol–water partition coefficient (Wildman–Crippen LogP) is 1.51. The highest BCUT2D eigenvalue weighted by Gasteiger charge is 2.23. The average Bonchev–Trinajstić information content (AvgIpc) is 2.63. The zero-order chi connectivity index (χ0) is 19.0. The largest absolute Gasteiger partial charge is 0.379 e. The number of nitrogens with one attached hydrogen (secondary N) is 1. The van der Waals surface area contributed by atoms with Crippen molar-refractivity contribution in [1.29, 1.82) is 0 Å². The summed E-state index contributed by atoms with van der Waals surface area (Å²) in [6.45, 7) is 5.41. The molecule has 0 spiro atoms. The van der Waals surface area contributed by atoms with Crippen LogP contribution < -0.4 is 5.32 Å². The van der Waals surface area contributed by atoms with Gasteiger partial charge in [0.05, 0.1) is 25.5 Å². The van der Waals surface area contributed by atoms with Crippen molar-refractivity contribution in [3.63, 3.8) is 0 Å². The van der Waals surface area contributed by atoms with Gasteiger partial charge in [-0.05, 0) is 24.6 Å². The molecule has 26 heavy (non-hydrogen) atoms. The highest BCUT2D eigenvalue weighted by atomic mass is 79.9. The van der Waals surface area contributed by atoms with E-state index >= 15 is 0 Å². The van der Waals surface area contributed by atoms with Crippen LogP contribution in [0.5, 0.6) is 0 Å². The number of aliphatic imine (C=N–C) groups is 1. The number of guanidine groups is 1. The van der Waals surface area contributed by atoms with Gasteiger partial charge in [-0.3, -0.25) is 4.99 Å². The van der Waals surface area contributed by atoms with E-state index in [9.17, 15) is 8.42 Å². The molecule has 0 unspecified atom stereocenters. The summed E-state index contributed by atoms with van der Waals surface area (Å²) in [4.78, 5) is 6.49. The number of morpholine rings is 1. The van der Waals surface area contributed by atoms with E-state index < -0.39 is 10.0 Å². The SMILES string of the molecule is CCNC(=NCCS(=O)(=O)N1CCOCC1)N(C)Cc1ccc(Br)cc1. The molecule has 1 N–H and O–H groups in total. The normalized spacial score (nSPS) is 16.5. The van der Waals surface area contributed by atoms with Crippen LogP contribution in [0.15, 0.2) is 33.7 Å². The van der Waals surface area contributed by atoms with Crippen LogP contribution in [0.1, 0.15) is 12.5 Å². The Morgan fingerprint density at radius 2 is 1.96 bits per heavy atom. The first kappa shape index (κ1) is 21.1. The van der Waals surface area contributed by atoms with Crippen LogP contribution in [-0.4, -0.2) is 75.8 Å². The van der Waals surface area contributed by atoms with Crippen LogP contribution in [0.3, 0.4) is 0 Å². The number of ether oxygens (including phenoxy) is 1. The van der Waals surface area contributed by atoms with Gasteiger partial charge in [0.1, 0.15) is 0 Å². The Hall–Kier alpha value is -1.16. The first-order valence-corrected chi connectivity index (χ1v) is 11.1. The molecule has 1 aromatic carbocycles. The maximum absolute atomic E-state index is 12.4. The molecular weight excluding hydrogens is 420 g/mol. The summed E-state index contributed by atoms with van der Waals surface area (Å²) in [6, 6.07) is 8.10. The molecule has 0 saturated carbocycles. The molecule has 0 atom stereocenters. The summed E-state index contributed by atoms with van der Waals surface area (Å²) in [7, 11) is -1.34. The van der Waals surface area contributed by atoms with Crippen LogP contribution in [-0.2, 0) is 21.3 Å². The summed E-state index contributed by atoms with van der Waals surface area (Å²) in [6.07, 6.45) is 0. The lowest BCUT2D eigenvalue weighted by atomic mass is 10.2. The fourth-order valence-corrected chi connectivity index (χ4v) is 4.18. The van der Waals surface area contributed by atoms with Gasteiger partial charge in [0.25, 0.3) is 0 Å². The third kappa shape index (κ3) is 6.53. The molecule has 1 aliphatic rings. The summed E-state index contributed by atoms with van der Waals surface area (Å²) >= 11 is 3.43. The number of hydrogen-bond acceptors (Lipinski definition) is 4. The molecule has 0 aromatic heterocycles. The van der Waals surface area contributed by atoms with E-state index in [0.29, 0.717) is 38.8 Å². The standard InChI is InChI=1S/C17H27BrN4O3S/c1-3-19-17(21(2)14-15-4-6-16(18)7-5-15)20-8-13-26(23,24)22-9-11-25-12-10-22/h4-7H,3,8-14H2,1-2H3,(H,19,20). The number of rotatable bonds is 7. The van der Waals surface area contributed by atoms with Crippen molar-refractivity contribution >= 4 is 31.9 Å². The number of benzene rings is 1. The lowest BCUT2D eigenvalue weighted by Gasteiger charge is -2.26. The van der Waals surface area contributed by atoms with E-state index in [1.807, 2.05) is 43.1 Å². The van der Waals surface area contributed by atoms with Gasteiger partial charge in [0.2, 0.25) is 10.0 Å². The van der Waals surface area contributed by atoms with Gasteiger partial charge >= 0.3 is 0 Å². The lowest BCUT2D eigenvalue weighted by molar-refractivity contribution is 0.0731. The molecule has 1 heterocycles. The molecule has 1 saturated heterocycles. The minimum atomic E-state index is -3.29. The lowest BCUT2D eigenvalue weighted by Crippen LogP contribution is -2.42. The van der Waals surface area contributed by atoms with Gasteiger partial charge in [0.15, 0.2) is 5.96 Å². The van der Waals surface area contributed by atoms with Crippen LogP contribution in [0.2, 0.25) is 0 Å². The Labute approximate surface area is 164 Å². The third-order valence-corrected chi connectivity index (χ3v) is 6.38. The van der Waals surface area contributed by atoms with Crippen LogP contribution >= 0.6 is 15.9 Å². The molecule has 0 amide bonds. The van der Waals surface area contributed by atoms with E-state index in [2.05, 4.69) is 26.2 Å². The quantitative estimate of drug-likeness (QED) is 0.507. The number of nitrogens with zero attached hydrogens (tertiary/aromatic N) is 3. The minimum Gasteiger partial charge on any atom is -0.379 e. The molecule has 0 bridgehead atoms. The predicted molar refractivity (Wildman–Crippen MR) is 108 cm³/mol. The molecule has 9 heteroatoms. The molecule has 146 valence electrons. The second-order valence-electron chi connectivity index (χ2n) is 6.05. The Morgan fingerprint density at radius 1 is 1.31 bits per heavy atom. The fourth-order valence-electron chi connectivity index (χ4n) is 2.63. The van der Waals surface area contributed by atoms with Crippen LogP contribution in [0.25, 0.3) is 0 Å². The van der Waals surface area contributed by atoms with Gasteiger partial charge in [-0.2, -0.15) is 4.31 Å². The zero-order valence-corrected chi connectivity index (χ0v) is 17.7. The van der Waals surface area contributed by atoms with Gasteiger partial charge in [0, 0.05) is 37.7 Å². The maximum atomic E-state index is 12.4. The summed E-state index contributed by atoms with van der Waals surface area (Å²) in [5.74, 6) is 0.709. The van der Waals surface area contributed by atoms with E-state index in [-0.39, 0.29) is 12.3 Å². The molecule has 1 fully saturated rings. The second kappa shape index (κ2) is 10.2. The van der Waals surface area contributed by atoms with Gasteiger partial charge in [-0.1, -0.05) is 28.1 Å². The van der Waals surface area contributed by atoms with Gasteiger partial charge < -0.3 is 15.0 Å². The van der Waals surface area contributed by atoms with Crippen LogP contribution in [0.4, 0.5) is 0 Å². The van der Waals surface area contributed by atoms with Crippen molar-refractivity contribution in [1.82, 2.24) is 14.5 Å². The molecule has 0 aliphatic carbocycles. The van der Waals surface area contributed by atoms with Crippen LogP contribution in [0, 0.1) is 0 Å². The average molecular weight is 447 g/mol. The molecule has 1 aromatic rings. The highest BCUT2D eigenvalue weighted by molar-refractivity contribution is 9.10. The Kier molecular flexibility index (Phi) is 8.33. The molecule has 0 radical (unpaired) electrons. The van der Waals surface area contributed by atoms with Crippen molar-refractivity contribution in [2.24, 2.45) is 4.99 Å². The minimum absolute atomic E-state index is 0.00795. The monoisotopic (exact) mass is 446 g/mol. The summed E-state index contributed by atoms with van der Waals surface area (Å²) < 4.78 is 32.5. The Morgan fingerprint density at radius 3 is 2.58 bits per heavy atom. The van der Waals surface area contributed by atoms with E-state index in [1.54, 1.807) is 0 Å². The second-order valence-corrected chi connectivity index (χ2v) is 9.05. The Bertz CT molecular complexity index is 688. The van der Waals surface area contributed by atoms with Crippen molar-refractivity contribution in [3.8, 4) is 0 Å². The third-order valence-electron chi connectivity index (χ3n) is 4.00. The zero-order valence-electron chi connectivity index (χ0n) is 15.3. The Balaban J connectivity index is 1.95. The first-order chi connectivity index (χ1) is 12.4. The molecule has 2 rings (SSSR count). The fraction of sp³-hybridized carbons (Fsp3) is 0.588.